The Morgan fingerprint density at radius 1 is 0.909 bits per heavy atom. The lowest BCUT2D eigenvalue weighted by molar-refractivity contribution is -0.137. The van der Waals surface area contributed by atoms with Crippen molar-refractivity contribution >= 4 is 16.7 Å². The molecule has 1 amide bonds. The average Bonchev–Trinajstić information content (AvgIpc) is 2.82. The summed E-state index contributed by atoms with van der Waals surface area (Å²) in [5, 5.41) is 7.72. The number of alkyl halides is 3. The largest absolute Gasteiger partial charge is 0.492 e. The second-order valence-corrected chi connectivity index (χ2v) is 7.07. The second-order valence-electron chi connectivity index (χ2n) is 7.07. The molecule has 1 N–H and O–H groups in total. The number of rotatable bonds is 6. The molecule has 168 valence electrons. The quantitative estimate of drug-likeness (QED) is 0.444. The zero-order valence-electron chi connectivity index (χ0n) is 17.2. The van der Waals surface area contributed by atoms with Crippen molar-refractivity contribution in [1.29, 1.82) is 0 Å². The summed E-state index contributed by atoms with van der Waals surface area (Å²) in [5.74, 6) is -0.259. The van der Waals surface area contributed by atoms with Crippen LogP contribution in [0.3, 0.4) is 0 Å². The van der Waals surface area contributed by atoms with Crippen molar-refractivity contribution in [2.24, 2.45) is 0 Å². The Hall–Kier alpha value is -4.14. The molecular weight excluding hydrogens is 435 g/mol. The fourth-order valence-electron chi connectivity index (χ4n) is 3.26. The first-order valence-electron chi connectivity index (χ1n) is 10.0. The maximum atomic E-state index is 12.9. The number of aromatic nitrogens is 2. The van der Waals surface area contributed by atoms with Crippen LogP contribution in [-0.2, 0) is 6.18 Å². The van der Waals surface area contributed by atoms with Crippen molar-refractivity contribution in [1.82, 2.24) is 15.1 Å². The highest BCUT2D eigenvalue weighted by Crippen LogP contribution is 2.30. The van der Waals surface area contributed by atoms with E-state index in [2.05, 4.69) is 10.4 Å². The Balaban J connectivity index is 1.49. The molecule has 0 aliphatic carbocycles. The highest BCUT2D eigenvalue weighted by Gasteiger charge is 2.30. The normalized spacial score (nSPS) is 11.4. The van der Waals surface area contributed by atoms with Crippen molar-refractivity contribution < 1.29 is 22.7 Å². The summed E-state index contributed by atoms with van der Waals surface area (Å²) < 4.78 is 44.5. The van der Waals surface area contributed by atoms with Gasteiger partial charge in [-0.2, -0.15) is 23.0 Å². The number of nitrogens with one attached hydrogen (secondary N) is 1. The van der Waals surface area contributed by atoms with Crippen LogP contribution < -0.4 is 15.6 Å². The van der Waals surface area contributed by atoms with Crippen LogP contribution in [0.2, 0.25) is 0 Å². The molecule has 0 unspecified atom stereocenters. The van der Waals surface area contributed by atoms with E-state index in [1.165, 1.54) is 16.8 Å². The van der Waals surface area contributed by atoms with Gasteiger partial charge in [0, 0.05) is 5.39 Å². The summed E-state index contributed by atoms with van der Waals surface area (Å²) in [5.41, 5.74) is -0.523. The molecule has 4 aromatic rings. The number of carbonyl (C=O) groups excluding carboxylic acids is 1. The highest BCUT2D eigenvalue weighted by molar-refractivity contribution is 6.04. The first-order chi connectivity index (χ1) is 15.8. The van der Waals surface area contributed by atoms with Gasteiger partial charge >= 0.3 is 6.18 Å². The second kappa shape index (κ2) is 9.15. The number of nitrogens with zero attached hydrogens (tertiary/aromatic N) is 2. The van der Waals surface area contributed by atoms with Crippen molar-refractivity contribution in [2.75, 3.05) is 13.2 Å². The summed E-state index contributed by atoms with van der Waals surface area (Å²) in [6.07, 6.45) is -4.42. The van der Waals surface area contributed by atoms with Crippen LogP contribution in [0.1, 0.15) is 16.1 Å². The molecule has 33 heavy (non-hydrogen) atoms. The first kappa shape index (κ1) is 22.1. The number of halogens is 3. The van der Waals surface area contributed by atoms with E-state index < -0.39 is 17.6 Å². The van der Waals surface area contributed by atoms with Crippen LogP contribution in [0.25, 0.3) is 16.5 Å². The highest BCUT2D eigenvalue weighted by atomic mass is 19.4. The third-order valence-corrected chi connectivity index (χ3v) is 4.86. The summed E-state index contributed by atoms with van der Waals surface area (Å²) >= 11 is 0. The van der Waals surface area contributed by atoms with Gasteiger partial charge in [-0.25, -0.2) is 0 Å². The van der Waals surface area contributed by atoms with Gasteiger partial charge in [0.25, 0.3) is 11.5 Å². The Bertz CT molecular complexity index is 1330. The predicted molar refractivity (Wildman–Crippen MR) is 117 cm³/mol. The molecule has 0 bridgehead atoms. The van der Waals surface area contributed by atoms with Gasteiger partial charge in [-0.05, 0) is 42.5 Å². The standard InChI is InChI=1S/C24H18F3N3O3/c25-24(26,27)16-10-12-18(13-11-16)33-15-14-28-22(31)21-19-8-4-5-9-20(19)23(32)30(29-21)17-6-2-1-3-7-17/h1-13H,14-15H2,(H,28,31). The summed E-state index contributed by atoms with van der Waals surface area (Å²) in [6, 6.07) is 19.7. The Morgan fingerprint density at radius 2 is 1.55 bits per heavy atom. The van der Waals surface area contributed by atoms with Gasteiger partial charge in [0.2, 0.25) is 0 Å². The van der Waals surface area contributed by atoms with Crippen molar-refractivity contribution in [3.63, 3.8) is 0 Å². The number of benzene rings is 3. The van der Waals surface area contributed by atoms with Gasteiger partial charge in [0.15, 0.2) is 5.69 Å². The molecule has 0 aliphatic heterocycles. The number of amides is 1. The van der Waals surface area contributed by atoms with Crippen LogP contribution in [0, 0.1) is 0 Å². The molecule has 1 heterocycles. The minimum absolute atomic E-state index is 0.0351. The third-order valence-electron chi connectivity index (χ3n) is 4.86. The van der Waals surface area contributed by atoms with E-state index in [0.29, 0.717) is 16.5 Å². The lowest BCUT2D eigenvalue weighted by Gasteiger charge is -2.12. The average molecular weight is 453 g/mol. The van der Waals surface area contributed by atoms with Crippen LogP contribution in [0.5, 0.6) is 5.75 Å². The molecule has 4 rings (SSSR count). The van der Waals surface area contributed by atoms with Gasteiger partial charge in [-0.1, -0.05) is 36.4 Å². The fourth-order valence-corrected chi connectivity index (χ4v) is 3.26. The third kappa shape index (κ3) is 4.87. The number of ether oxygens (including phenoxy) is 1. The van der Waals surface area contributed by atoms with E-state index >= 15 is 0 Å². The topological polar surface area (TPSA) is 73.2 Å². The SMILES string of the molecule is O=C(NCCOc1ccc(C(F)(F)F)cc1)c1nn(-c2ccccc2)c(=O)c2ccccc12. The minimum Gasteiger partial charge on any atom is -0.492 e. The van der Waals surface area contributed by atoms with E-state index in [9.17, 15) is 22.8 Å². The summed E-state index contributed by atoms with van der Waals surface area (Å²) in [6.45, 7) is 0.119. The number of para-hydroxylation sites is 1. The maximum Gasteiger partial charge on any atom is 0.416 e. The predicted octanol–water partition coefficient (Wildman–Crippen LogP) is 4.21. The Kier molecular flexibility index (Phi) is 6.12. The van der Waals surface area contributed by atoms with Gasteiger partial charge in [-0.3, -0.25) is 9.59 Å². The molecule has 0 spiro atoms. The first-order valence-corrected chi connectivity index (χ1v) is 10.0. The molecule has 0 aliphatic rings. The van der Waals surface area contributed by atoms with Crippen LogP contribution in [0.15, 0.2) is 83.7 Å². The number of fused-ring (bicyclic) bond motifs is 1. The summed E-state index contributed by atoms with van der Waals surface area (Å²) in [4.78, 5) is 25.7. The van der Waals surface area contributed by atoms with Crippen molar-refractivity contribution in [3.8, 4) is 11.4 Å². The maximum absolute atomic E-state index is 12.9. The molecule has 3 aromatic carbocycles. The Labute approximate surface area is 186 Å². The Morgan fingerprint density at radius 3 is 2.21 bits per heavy atom. The molecule has 0 radical (unpaired) electrons. The molecule has 6 nitrogen and oxygen atoms in total. The van der Waals surface area contributed by atoms with Gasteiger partial charge in [-0.15, -0.1) is 0 Å². The van der Waals surface area contributed by atoms with Crippen LogP contribution in [0.4, 0.5) is 13.2 Å². The molecule has 0 saturated heterocycles. The van der Waals surface area contributed by atoms with E-state index in [0.717, 1.165) is 12.1 Å². The molecular formula is C24H18F3N3O3. The monoisotopic (exact) mass is 453 g/mol. The molecule has 9 heteroatoms. The smallest absolute Gasteiger partial charge is 0.416 e. The van der Waals surface area contributed by atoms with E-state index in [-0.39, 0.29) is 30.2 Å². The van der Waals surface area contributed by atoms with Gasteiger partial charge in [0.1, 0.15) is 12.4 Å². The lowest BCUT2D eigenvalue weighted by atomic mass is 10.1. The van der Waals surface area contributed by atoms with Crippen LogP contribution in [-0.4, -0.2) is 28.8 Å². The zero-order valence-corrected chi connectivity index (χ0v) is 17.2. The van der Waals surface area contributed by atoms with Crippen molar-refractivity contribution in [3.05, 3.63) is 100 Å². The molecule has 0 saturated carbocycles. The van der Waals surface area contributed by atoms with Gasteiger partial charge in [0.05, 0.1) is 23.2 Å². The molecule has 0 atom stereocenters. The van der Waals surface area contributed by atoms with Gasteiger partial charge < -0.3 is 10.1 Å². The molecule has 1 aromatic heterocycles. The fraction of sp³-hybridized carbons (Fsp3) is 0.125. The summed E-state index contributed by atoms with van der Waals surface area (Å²) in [7, 11) is 0. The number of hydrogen-bond acceptors (Lipinski definition) is 4. The lowest BCUT2D eigenvalue weighted by Crippen LogP contribution is -2.32. The van der Waals surface area contributed by atoms with Crippen LogP contribution >= 0.6 is 0 Å². The zero-order chi connectivity index (χ0) is 23.4. The van der Waals surface area contributed by atoms with E-state index in [4.69, 9.17) is 4.74 Å². The van der Waals surface area contributed by atoms with E-state index in [1.807, 2.05) is 0 Å². The minimum atomic E-state index is -4.42. The van der Waals surface area contributed by atoms with E-state index in [1.54, 1.807) is 54.6 Å². The number of hydrogen-bond donors (Lipinski definition) is 1. The number of carbonyl (C=O) groups is 1. The van der Waals surface area contributed by atoms with Crippen molar-refractivity contribution in [2.45, 2.75) is 6.18 Å². The molecule has 0 fully saturated rings.